The maximum Gasteiger partial charge on any atom is 0.269 e. The highest BCUT2D eigenvalue weighted by atomic mass is 16.6. The molecule has 0 saturated heterocycles. The van der Waals surface area contributed by atoms with Gasteiger partial charge in [-0.25, -0.2) is 4.98 Å². The number of aliphatic hydroxyl groups excluding tert-OH is 1. The van der Waals surface area contributed by atoms with E-state index in [0.29, 0.717) is 11.4 Å². The first-order valence-electron chi connectivity index (χ1n) is 7.88. The number of pyridine rings is 1. The smallest absolute Gasteiger partial charge is 0.269 e. The van der Waals surface area contributed by atoms with Crippen LogP contribution in [0, 0.1) is 10.1 Å². The maximum atomic E-state index is 12.0. The predicted molar refractivity (Wildman–Crippen MR) is 95.4 cm³/mol. The summed E-state index contributed by atoms with van der Waals surface area (Å²) in [6.45, 7) is -0.529. The Kier molecular flexibility index (Phi) is 5.13. The summed E-state index contributed by atoms with van der Waals surface area (Å²) in [7, 11) is 0. The number of nitrogens with zero attached hydrogens (tertiary/aromatic N) is 2. The number of nitrogens with one attached hydrogen (secondary N) is 1. The molecule has 1 unspecified atom stereocenters. The molecule has 3 aromatic rings. The molecule has 1 aromatic carbocycles. The fraction of sp³-hybridized carbons (Fsp3) is 0.111. The van der Waals surface area contributed by atoms with Crippen molar-refractivity contribution in [2.75, 3.05) is 5.32 Å². The molecular formula is C18H15N3O6. The minimum absolute atomic E-state index is 0.0254. The Hall–Kier alpha value is -3.72. The van der Waals surface area contributed by atoms with Gasteiger partial charge in [0.25, 0.3) is 5.69 Å². The molecule has 27 heavy (non-hydrogen) atoms. The number of aliphatic hydroxyl groups is 1. The first kappa shape index (κ1) is 18.1. The molecule has 0 amide bonds. The van der Waals surface area contributed by atoms with E-state index in [1.807, 2.05) is 0 Å². The molecule has 2 heterocycles. The van der Waals surface area contributed by atoms with Crippen molar-refractivity contribution < 1.29 is 19.6 Å². The number of nitro benzene ring substituents is 1. The van der Waals surface area contributed by atoms with Crippen LogP contribution in [-0.4, -0.2) is 20.1 Å². The molecule has 0 bridgehead atoms. The summed E-state index contributed by atoms with van der Waals surface area (Å²) in [5.41, 5.74) is -0.333. The standard InChI is InChI=1S/C18H15N3O6/c22-10-13-9-14(23)17(24)18(27-13)16(20-15-3-1-2-8-19-15)11-4-6-12(7-5-11)21(25)26/h1-9,16,22,24H,10H2,(H,19,20). The Morgan fingerprint density at radius 3 is 2.56 bits per heavy atom. The van der Waals surface area contributed by atoms with Crippen LogP contribution in [0.5, 0.6) is 5.75 Å². The minimum Gasteiger partial charge on any atom is -0.502 e. The van der Waals surface area contributed by atoms with Crippen molar-refractivity contribution in [2.24, 2.45) is 0 Å². The van der Waals surface area contributed by atoms with E-state index >= 15 is 0 Å². The number of nitro groups is 1. The molecule has 0 aliphatic rings. The Bertz CT molecular complexity index is 1000. The Morgan fingerprint density at radius 2 is 1.96 bits per heavy atom. The van der Waals surface area contributed by atoms with Crippen LogP contribution in [0.15, 0.2) is 63.9 Å². The number of hydrogen-bond acceptors (Lipinski definition) is 8. The lowest BCUT2D eigenvalue weighted by atomic mass is 10.0. The van der Waals surface area contributed by atoms with E-state index in [1.54, 1.807) is 24.4 Å². The monoisotopic (exact) mass is 369 g/mol. The number of non-ortho nitro benzene ring substituents is 1. The second-order valence-electron chi connectivity index (χ2n) is 5.59. The van der Waals surface area contributed by atoms with Crippen LogP contribution in [-0.2, 0) is 6.61 Å². The second-order valence-corrected chi connectivity index (χ2v) is 5.59. The highest BCUT2D eigenvalue weighted by molar-refractivity contribution is 5.46. The van der Waals surface area contributed by atoms with Crippen LogP contribution in [0.3, 0.4) is 0 Å². The molecule has 0 saturated carbocycles. The molecule has 1 atom stereocenters. The van der Waals surface area contributed by atoms with E-state index in [-0.39, 0.29) is 17.2 Å². The molecule has 3 rings (SSSR count). The van der Waals surface area contributed by atoms with Crippen LogP contribution in [0.25, 0.3) is 0 Å². The van der Waals surface area contributed by atoms with E-state index in [1.165, 1.54) is 24.3 Å². The van der Waals surface area contributed by atoms with Gasteiger partial charge in [0.2, 0.25) is 11.2 Å². The molecule has 9 heteroatoms. The van der Waals surface area contributed by atoms with Gasteiger partial charge in [-0.05, 0) is 29.8 Å². The molecule has 0 aliphatic heterocycles. The molecular weight excluding hydrogens is 354 g/mol. The fourth-order valence-corrected chi connectivity index (χ4v) is 2.51. The third kappa shape index (κ3) is 3.93. The van der Waals surface area contributed by atoms with Crippen LogP contribution in [0.4, 0.5) is 11.5 Å². The van der Waals surface area contributed by atoms with Gasteiger partial charge in [-0.3, -0.25) is 14.9 Å². The molecule has 0 aliphatic carbocycles. The van der Waals surface area contributed by atoms with E-state index in [4.69, 9.17) is 4.42 Å². The first-order valence-corrected chi connectivity index (χ1v) is 7.88. The van der Waals surface area contributed by atoms with Gasteiger partial charge in [-0.15, -0.1) is 0 Å². The highest BCUT2D eigenvalue weighted by Crippen LogP contribution is 2.31. The lowest BCUT2D eigenvalue weighted by Gasteiger charge is -2.20. The second kappa shape index (κ2) is 7.67. The Morgan fingerprint density at radius 1 is 1.22 bits per heavy atom. The van der Waals surface area contributed by atoms with Crippen molar-refractivity contribution in [3.8, 4) is 5.75 Å². The quantitative estimate of drug-likeness (QED) is 0.444. The first-order chi connectivity index (χ1) is 13.0. The van der Waals surface area contributed by atoms with Crippen LogP contribution >= 0.6 is 0 Å². The number of rotatable bonds is 6. The summed E-state index contributed by atoms with van der Waals surface area (Å²) < 4.78 is 5.48. The Balaban J connectivity index is 2.11. The van der Waals surface area contributed by atoms with Gasteiger partial charge in [-0.1, -0.05) is 6.07 Å². The molecule has 2 aromatic heterocycles. The van der Waals surface area contributed by atoms with Crippen molar-refractivity contribution in [1.82, 2.24) is 4.98 Å². The number of anilines is 1. The van der Waals surface area contributed by atoms with Crippen molar-refractivity contribution in [3.63, 3.8) is 0 Å². The van der Waals surface area contributed by atoms with Gasteiger partial charge in [0.1, 0.15) is 24.2 Å². The van der Waals surface area contributed by atoms with Crippen molar-refractivity contribution >= 4 is 11.5 Å². The molecule has 3 N–H and O–H groups in total. The predicted octanol–water partition coefficient (Wildman–Crippen LogP) is 2.34. The van der Waals surface area contributed by atoms with Crippen molar-refractivity contribution in [2.45, 2.75) is 12.6 Å². The summed E-state index contributed by atoms with van der Waals surface area (Å²) in [6.07, 6.45) is 1.55. The highest BCUT2D eigenvalue weighted by Gasteiger charge is 2.24. The third-order valence-electron chi connectivity index (χ3n) is 3.81. The summed E-state index contributed by atoms with van der Waals surface area (Å²) in [4.78, 5) is 26.5. The van der Waals surface area contributed by atoms with Crippen molar-refractivity contribution in [1.29, 1.82) is 0 Å². The minimum atomic E-state index is -0.875. The third-order valence-corrected chi connectivity index (χ3v) is 3.81. The maximum absolute atomic E-state index is 12.0. The SMILES string of the molecule is O=c1cc(CO)oc(C(Nc2ccccn2)c2ccc([N+](=O)[O-])cc2)c1O. The average molecular weight is 369 g/mol. The van der Waals surface area contributed by atoms with Gasteiger partial charge in [0, 0.05) is 24.4 Å². The zero-order valence-electron chi connectivity index (χ0n) is 13.9. The lowest BCUT2D eigenvalue weighted by molar-refractivity contribution is -0.384. The number of hydrogen-bond donors (Lipinski definition) is 3. The van der Waals surface area contributed by atoms with Crippen LogP contribution in [0.1, 0.15) is 23.1 Å². The van der Waals surface area contributed by atoms with E-state index < -0.39 is 28.8 Å². The molecule has 9 nitrogen and oxygen atoms in total. The number of aromatic nitrogens is 1. The molecule has 138 valence electrons. The summed E-state index contributed by atoms with van der Waals surface area (Å²) in [6, 6.07) is 10.8. The van der Waals surface area contributed by atoms with Crippen molar-refractivity contribution in [3.05, 3.63) is 92.1 Å². The van der Waals surface area contributed by atoms with Gasteiger partial charge in [-0.2, -0.15) is 0 Å². The zero-order chi connectivity index (χ0) is 19.4. The molecule has 0 radical (unpaired) electrons. The van der Waals surface area contributed by atoms with Crippen LogP contribution in [0.2, 0.25) is 0 Å². The van der Waals surface area contributed by atoms with E-state index in [0.717, 1.165) is 6.07 Å². The van der Waals surface area contributed by atoms with Gasteiger partial charge in [0.05, 0.1) is 4.92 Å². The zero-order valence-corrected chi connectivity index (χ0v) is 13.9. The average Bonchev–Trinajstić information content (AvgIpc) is 2.69. The largest absolute Gasteiger partial charge is 0.502 e. The lowest BCUT2D eigenvalue weighted by Crippen LogP contribution is -2.17. The molecule has 0 fully saturated rings. The fourth-order valence-electron chi connectivity index (χ4n) is 2.51. The number of aromatic hydroxyl groups is 1. The Labute approximate surface area is 152 Å². The van der Waals surface area contributed by atoms with E-state index in [2.05, 4.69) is 10.3 Å². The van der Waals surface area contributed by atoms with Gasteiger partial charge < -0.3 is 19.9 Å². The van der Waals surface area contributed by atoms with Gasteiger partial charge >= 0.3 is 0 Å². The topological polar surface area (TPSA) is 139 Å². The van der Waals surface area contributed by atoms with Crippen LogP contribution < -0.4 is 10.7 Å². The number of benzene rings is 1. The summed E-state index contributed by atoms with van der Waals surface area (Å²) in [5, 5.41) is 33.4. The molecule has 0 spiro atoms. The summed E-state index contributed by atoms with van der Waals surface area (Å²) in [5.74, 6) is -0.357. The van der Waals surface area contributed by atoms with E-state index in [9.17, 15) is 25.1 Å². The summed E-state index contributed by atoms with van der Waals surface area (Å²) >= 11 is 0. The van der Waals surface area contributed by atoms with Gasteiger partial charge in [0.15, 0.2) is 5.76 Å². The normalized spacial score (nSPS) is 11.7.